The Kier molecular flexibility index (Phi) is 5.53. The van der Waals surface area contributed by atoms with E-state index in [-0.39, 0.29) is 12.4 Å². The molecule has 0 spiro atoms. The smallest absolute Gasteiger partial charge is 0.337 e. The lowest BCUT2D eigenvalue weighted by molar-refractivity contribution is 0.0600. The van der Waals surface area contributed by atoms with Crippen LogP contribution in [-0.4, -0.2) is 13.1 Å². The summed E-state index contributed by atoms with van der Waals surface area (Å²) in [7, 11) is 1.33. The minimum atomic E-state index is -0.398. The van der Waals surface area contributed by atoms with Crippen LogP contribution < -0.4 is 5.73 Å². The minimum Gasteiger partial charge on any atom is -0.465 e. The van der Waals surface area contributed by atoms with E-state index < -0.39 is 5.97 Å². The van der Waals surface area contributed by atoms with E-state index >= 15 is 0 Å². The molecule has 0 unspecified atom stereocenters. The van der Waals surface area contributed by atoms with Crippen molar-refractivity contribution >= 4 is 30.0 Å². The molecule has 1 rings (SSSR count). The maximum Gasteiger partial charge on any atom is 0.337 e. The van der Waals surface area contributed by atoms with E-state index in [0.29, 0.717) is 17.1 Å². The van der Waals surface area contributed by atoms with Crippen LogP contribution in [0.4, 0.5) is 0 Å². The van der Waals surface area contributed by atoms with Gasteiger partial charge < -0.3 is 10.5 Å². The molecule has 0 atom stereocenters. The van der Waals surface area contributed by atoms with E-state index in [1.54, 1.807) is 18.2 Å². The lowest BCUT2D eigenvalue weighted by Gasteiger charge is -2.03. The normalized spacial score (nSPS) is 9.07. The average Bonchev–Trinajstić information content (AvgIpc) is 2.16. The number of rotatable bonds is 2. The zero-order valence-electron chi connectivity index (χ0n) is 7.62. The van der Waals surface area contributed by atoms with E-state index in [4.69, 9.17) is 17.3 Å². The quantitative estimate of drug-likeness (QED) is 0.799. The molecule has 1 aromatic carbocycles. The Hall–Kier alpha value is -0.770. The highest BCUT2D eigenvalue weighted by molar-refractivity contribution is 6.31. The topological polar surface area (TPSA) is 52.3 Å². The average molecular weight is 236 g/mol. The highest BCUT2D eigenvalue weighted by atomic mass is 35.5. The zero-order chi connectivity index (χ0) is 9.84. The summed E-state index contributed by atoms with van der Waals surface area (Å²) in [5, 5.41) is 0.491. The van der Waals surface area contributed by atoms with E-state index in [9.17, 15) is 4.79 Å². The summed E-state index contributed by atoms with van der Waals surface area (Å²) in [6.07, 6.45) is 0. The van der Waals surface area contributed by atoms with Crippen molar-refractivity contribution in [3.8, 4) is 0 Å². The summed E-state index contributed by atoms with van der Waals surface area (Å²) < 4.78 is 4.54. The number of ether oxygens (including phenoxy) is 1. The third kappa shape index (κ3) is 2.87. The van der Waals surface area contributed by atoms with Crippen molar-refractivity contribution in [2.24, 2.45) is 5.73 Å². The first-order chi connectivity index (χ1) is 6.19. The van der Waals surface area contributed by atoms with Crippen LogP contribution in [0.5, 0.6) is 0 Å². The first-order valence-corrected chi connectivity index (χ1v) is 4.13. The first kappa shape index (κ1) is 13.2. The molecule has 0 aromatic heterocycles. The van der Waals surface area contributed by atoms with Crippen LogP contribution in [0.15, 0.2) is 18.2 Å². The van der Waals surface area contributed by atoms with E-state index in [0.717, 1.165) is 5.56 Å². The molecule has 0 bridgehead atoms. The number of esters is 1. The fraction of sp³-hybridized carbons (Fsp3) is 0.222. The van der Waals surface area contributed by atoms with Gasteiger partial charge in [0.25, 0.3) is 0 Å². The lowest BCUT2D eigenvalue weighted by atomic mass is 10.1. The predicted octanol–water partition coefficient (Wildman–Crippen LogP) is 2.01. The Morgan fingerprint density at radius 1 is 1.57 bits per heavy atom. The summed E-state index contributed by atoms with van der Waals surface area (Å²) in [6.45, 7) is 0.361. The van der Waals surface area contributed by atoms with Gasteiger partial charge >= 0.3 is 5.97 Å². The van der Waals surface area contributed by atoms with Crippen LogP contribution in [0.25, 0.3) is 0 Å². The SMILES string of the molecule is COC(=O)c1ccc(CN)c(Cl)c1.Cl. The van der Waals surface area contributed by atoms with Crippen molar-refractivity contribution in [3.05, 3.63) is 34.3 Å². The van der Waals surface area contributed by atoms with E-state index in [2.05, 4.69) is 4.74 Å². The van der Waals surface area contributed by atoms with Gasteiger partial charge in [0, 0.05) is 11.6 Å². The Labute approximate surface area is 93.6 Å². The van der Waals surface area contributed by atoms with Crippen molar-refractivity contribution in [2.45, 2.75) is 6.54 Å². The Morgan fingerprint density at radius 3 is 2.64 bits per heavy atom. The second-order valence-corrected chi connectivity index (χ2v) is 2.91. The standard InChI is InChI=1S/C9H10ClNO2.ClH/c1-13-9(12)6-2-3-7(5-11)8(10)4-6;/h2-4H,5,11H2,1H3;1H. The van der Waals surface area contributed by atoms with E-state index in [1.807, 2.05) is 0 Å². The van der Waals surface area contributed by atoms with Gasteiger partial charge in [0.05, 0.1) is 12.7 Å². The maximum absolute atomic E-state index is 11.1. The van der Waals surface area contributed by atoms with Crippen molar-refractivity contribution in [2.75, 3.05) is 7.11 Å². The van der Waals surface area contributed by atoms with Crippen LogP contribution in [0.2, 0.25) is 5.02 Å². The van der Waals surface area contributed by atoms with Crippen LogP contribution in [0.1, 0.15) is 15.9 Å². The van der Waals surface area contributed by atoms with Crippen molar-refractivity contribution in [1.29, 1.82) is 0 Å². The number of hydrogen-bond donors (Lipinski definition) is 1. The molecule has 0 aliphatic rings. The number of methoxy groups -OCH3 is 1. The number of carbonyl (C=O) groups is 1. The highest BCUT2D eigenvalue weighted by Gasteiger charge is 2.07. The maximum atomic E-state index is 11.1. The molecule has 0 aliphatic heterocycles. The fourth-order valence-electron chi connectivity index (χ4n) is 0.958. The molecule has 0 aliphatic carbocycles. The first-order valence-electron chi connectivity index (χ1n) is 3.76. The fourth-order valence-corrected chi connectivity index (χ4v) is 1.22. The molecular weight excluding hydrogens is 225 g/mol. The zero-order valence-corrected chi connectivity index (χ0v) is 9.19. The van der Waals surface area contributed by atoms with Gasteiger partial charge in [-0.3, -0.25) is 0 Å². The molecule has 78 valence electrons. The Bertz CT molecular complexity index is 329. The molecule has 0 saturated carbocycles. The van der Waals surface area contributed by atoms with Crippen molar-refractivity contribution in [3.63, 3.8) is 0 Å². The predicted molar refractivity (Wildman–Crippen MR) is 57.9 cm³/mol. The molecule has 0 amide bonds. The van der Waals surface area contributed by atoms with Crippen LogP contribution >= 0.6 is 24.0 Å². The number of carbonyl (C=O) groups excluding carboxylic acids is 1. The van der Waals surface area contributed by atoms with Crippen molar-refractivity contribution in [1.82, 2.24) is 0 Å². The third-order valence-electron chi connectivity index (χ3n) is 1.69. The van der Waals surface area contributed by atoms with Crippen LogP contribution in [0, 0.1) is 0 Å². The molecule has 1 aromatic rings. The molecule has 0 radical (unpaired) electrons. The molecule has 2 N–H and O–H groups in total. The van der Waals surface area contributed by atoms with Gasteiger partial charge in [0.1, 0.15) is 0 Å². The second kappa shape index (κ2) is 5.86. The second-order valence-electron chi connectivity index (χ2n) is 2.50. The van der Waals surface area contributed by atoms with Crippen LogP contribution in [0.3, 0.4) is 0 Å². The molecule has 5 heteroatoms. The van der Waals surface area contributed by atoms with Gasteiger partial charge in [-0.2, -0.15) is 0 Å². The summed E-state index contributed by atoms with van der Waals surface area (Å²) >= 11 is 5.84. The van der Waals surface area contributed by atoms with E-state index in [1.165, 1.54) is 7.11 Å². The van der Waals surface area contributed by atoms with Gasteiger partial charge in [-0.05, 0) is 17.7 Å². The lowest BCUT2D eigenvalue weighted by Crippen LogP contribution is -2.03. The molecule has 0 saturated heterocycles. The summed E-state index contributed by atoms with van der Waals surface area (Å²) in [6, 6.07) is 4.91. The number of nitrogens with two attached hydrogens (primary N) is 1. The van der Waals surface area contributed by atoms with Gasteiger partial charge in [0.15, 0.2) is 0 Å². The summed E-state index contributed by atoms with van der Waals surface area (Å²) in [5.41, 5.74) is 6.66. The van der Waals surface area contributed by atoms with Gasteiger partial charge in [-0.1, -0.05) is 17.7 Å². The van der Waals surface area contributed by atoms with Crippen LogP contribution in [-0.2, 0) is 11.3 Å². The largest absolute Gasteiger partial charge is 0.465 e. The number of halogens is 2. The highest BCUT2D eigenvalue weighted by Crippen LogP contribution is 2.17. The summed E-state index contributed by atoms with van der Waals surface area (Å²) in [5.74, 6) is -0.398. The molecular formula is C9H11Cl2NO2. The van der Waals surface area contributed by atoms with Gasteiger partial charge in [0.2, 0.25) is 0 Å². The molecule has 14 heavy (non-hydrogen) atoms. The Balaban J connectivity index is 0.00000169. The summed E-state index contributed by atoms with van der Waals surface area (Å²) in [4.78, 5) is 11.1. The van der Waals surface area contributed by atoms with Gasteiger partial charge in [-0.15, -0.1) is 12.4 Å². The number of hydrogen-bond acceptors (Lipinski definition) is 3. The Morgan fingerprint density at radius 2 is 2.21 bits per heavy atom. The molecule has 0 fully saturated rings. The third-order valence-corrected chi connectivity index (χ3v) is 2.05. The van der Waals surface area contributed by atoms with Gasteiger partial charge in [-0.25, -0.2) is 4.79 Å². The minimum absolute atomic E-state index is 0. The monoisotopic (exact) mass is 235 g/mol. The number of benzene rings is 1. The molecule has 0 heterocycles. The van der Waals surface area contributed by atoms with Crippen molar-refractivity contribution < 1.29 is 9.53 Å². The molecule has 3 nitrogen and oxygen atoms in total.